The van der Waals surface area contributed by atoms with E-state index in [9.17, 15) is 9.59 Å². The minimum atomic E-state index is -0.966. The summed E-state index contributed by atoms with van der Waals surface area (Å²) < 4.78 is 4.97. The first-order valence-corrected chi connectivity index (χ1v) is 3.77. The lowest BCUT2D eigenvalue weighted by Gasteiger charge is -2.34. The summed E-state index contributed by atoms with van der Waals surface area (Å²) in [7, 11) is 0. The van der Waals surface area contributed by atoms with Gasteiger partial charge in [-0.05, 0) is 12.2 Å². The second-order valence-corrected chi connectivity index (χ2v) is 3.00. The van der Waals surface area contributed by atoms with Crippen LogP contribution in [0.5, 0.6) is 0 Å². The molecule has 0 aromatic carbocycles. The minimum absolute atomic E-state index is 0.0334. The van der Waals surface area contributed by atoms with Gasteiger partial charge in [-0.3, -0.25) is 9.59 Å². The molecular weight excluding hydrogens is 156 g/mol. The smallest absolute Gasteiger partial charge is 0.303 e. The highest BCUT2D eigenvalue weighted by Gasteiger charge is 2.52. The van der Waals surface area contributed by atoms with Crippen molar-refractivity contribution in [1.82, 2.24) is 0 Å². The lowest BCUT2D eigenvalue weighted by Crippen LogP contribution is -2.47. The number of rotatable bonds is 1. The van der Waals surface area contributed by atoms with Gasteiger partial charge in [0.15, 0.2) is 0 Å². The Morgan fingerprint density at radius 1 is 1.58 bits per heavy atom. The van der Waals surface area contributed by atoms with Crippen molar-refractivity contribution in [1.29, 1.82) is 0 Å². The number of ketones is 1. The molecule has 0 N–H and O–H groups in total. The number of hydrogen-bond acceptors (Lipinski definition) is 3. The molecule has 0 aliphatic heterocycles. The van der Waals surface area contributed by atoms with Crippen molar-refractivity contribution in [2.45, 2.75) is 12.5 Å². The Morgan fingerprint density at radius 3 is 2.75 bits per heavy atom. The van der Waals surface area contributed by atoms with Crippen LogP contribution in [0.4, 0.5) is 0 Å². The SMILES string of the molecule is CC(=O)OC12C=CC1C=CC2=O. The van der Waals surface area contributed by atoms with E-state index in [2.05, 4.69) is 0 Å². The summed E-state index contributed by atoms with van der Waals surface area (Å²) in [4.78, 5) is 22.0. The molecule has 0 aromatic heterocycles. The molecule has 0 amide bonds. The highest BCUT2D eigenvalue weighted by molar-refractivity contribution is 6.04. The Labute approximate surface area is 69.7 Å². The second-order valence-electron chi connectivity index (χ2n) is 3.00. The van der Waals surface area contributed by atoms with Crippen LogP contribution in [0, 0.1) is 5.92 Å². The average molecular weight is 164 g/mol. The van der Waals surface area contributed by atoms with Crippen molar-refractivity contribution in [2.24, 2.45) is 5.92 Å². The maximum Gasteiger partial charge on any atom is 0.303 e. The van der Waals surface area contributed by atoms with E-state index >= 15 is 0 Å². The number of ether oxygens (including phenoxy) is 1. The van der Waals surface area contributed by atoms with Crippen LogP contribution in [0.3, 0.4) is 0 Å². The normalized spacial score (nSPS) is 36.1. The fourth-order valence-electron chi connectivity index (χ4n) is 1.55. The summed E-state index contributed by atoms with van der Waals surface area (Å²) in [6, 6.07) is 0. The molecule has 62 valence electrons. The average Bonchev–Trinajstić information content (AvgIpc) is 2.13. The van der Waals surface area contributed by atoms with Crippen LogP contribution in [-0.2, 0) is 14.3 Å². The van der Waals surface area contributed by atoms with E-state index in [1.54, 1.807) is 12.2 Å². The molecule has 0 fully saturated rings. The van der Waals surface area contributed by atoms with Gasteiger partial charge >= 0.3 is 5.97 Å². The molecule has 2 rings (SSSR count). The Hall–Kier alpha value is -1.38. The molecule has 0 heterocycles. The molecule has 0 bridgehead atoms. The molecule has 0 spiro atoms. The molecule has 3 heteroatoms. The van der Waals surface area contributed by atoms with Gasteiger partial charge in [-0.15, -0.1) is 0 Å². The van der Waals surface area contributed by atoms with E-state index in [0.29, 0.717) is 0 Å². The van der Waals surface area contributed by atoms with Gasteiger partial charge in [-0.2, -0.15) is 0 Å². The van der Waals surface area contributed by atoms with Crippen LogP contribution in [0.2, 0.25) is 0 Å². The predicted octanol–water partition coefficient (Wildman–Crippen LogP) is 0.613. The van der Waals surface area contributed by atoms with Gasteiger partial charge in [0.1, 0.15) is 0 Å². The molecule has 2 unspecified atom stereocenters. The van der Waals surface area contributed by atoms with Gasteiger partial charge in [0, 0.05) is 12.8 Å². The summed E-state index contributed by atoms with van der Waals surface area (Å²) in [5, 5.41) is 0. The Balaban J connectivity index is 2.27. The van der Waals surface area contributed by atoms with Crippen molar-refractivity contribution in [2.75, 3.05) is 0 Å². The lowest BCUT2D eigenvalue weighted by molar-refractivity contribution is -0.161. The number of carbonyl (C=O) groups excluding carboxylic acids is 2. The first-order chi connectivity index (χ1) is 5.65. The zero-order valence-corrected chi connectivity index (χ0v) is 6.61. The Kier molecular flexibility index (Phi) is 1.25. The van der Waals surface area contributed by atoms with Gasteiger partial charge < -0.3 is 4.74 Å². The van der Waals surface area contributed by atoms with Crippen molar-refractivity contribution >= 4 is 11.8 Å². The van der Waals surface area contributed by atoms with Crippen LogP contribution in [0.15, 0.2) is 24.3 Å². The molecule has 0 aromatic rings. The van der Waals surface area contributed by atoms with Crippen LogP contribution < -0.4 is 0 Å². The summed E-state index contributed by atoms with van der Waals surface area (Å²) >= 11 is 0. The van der Waals surface area contributed by atoms with Gasteiger partial charge in [0.2, 0.25) is 11.4 Å². The summed E-state index contributed by atoms with van der Waals surface area (Å²) in [5.74, 6) is -0.583. The number of esters is 1. The van der Waals surface area contributed by atoms with Gasteiger partial charge in [0.05, 0.1) is 0 Å². The molecular formula is C9H8O3. The van der Waals surface area contributed by atoms with Crippen molar-refractivity contribution in [3.05, 3.63) is 24.3 Å². The van der Waals surface area contributed by atoms with E-state index < -0.39 is 11.6 Å². The zero-order valence-electron chi connectivity index (χ0n) is 6.61. The van der Waals surface area contributed by atoms with E-state index in [4.69, 9.17) is 4.74 Å². The second kappa shape index (κ2) is 2.06. The van der Waals surface area contributed by atoms with Crippen molar-refractivity contribution in [3.8, 4) is 0 Å². The maximum atomic E-state index is 11.3. The number of carbonyl (C=O) groups is 2. The monoisotopic (exact) mass is 164 g/mol. The number of hydrogen-bond donors (Lipinski definition) is 0. The first-order valence-electron chi connectivity index (χ1n) is 3.77. The largest absolute Gasteiger partial charge is 0.446 e. The summed E-state index contributed by atoms with van der Waals surface area (Å²) in [5.41, 5.74) is -0.966. The molecule has 12 heavy (non-hydrogen) atoms. The first kappa shape index (κ1) is 7.28. The van der Waals surface area contributed by atoms with Crippen LogP contribution in [-0.4, -0.2) is 17.4 Å². The van der Waals surface area contributed by atoms with E-state index in [0.717, 1.165) is 0 Å². The third kappa shape index (κ3) is 0.706. The lowest BCUT2D eigenvalue weighted by atomic mass is 9.79. The van der Waals surface area contributed by atoms with Crippen molar-refractivity contribution < 1.29 is 14.3 Å². The highest BCUT2D eigenvalue weighted by atomic mass is 16.6. The predicted molar refractivity (Wildman–Crippen MR) is 41.3 cm³/mol. The molecule has 3 nitrogen and oxygen atoms in total. The molecule has 0 saturated heterocycles. The van der Waals surface area contributed by atoms with Crippen LogP contribution >= 0.6 is 0 Å². The van der Waals surface area contributed by atoms with Crippen LogP contribution in [0.1, 0.15) is 6.92 Å². The Morgan fingerprint density at radius 2 is 2.33 bits per heavy atom. The fourth-order valence-corrected chi connectivity index (χ4v) is 1.55. The number of fused-ring (bicyclic) bond motifs is 1. The highest BCUT2D eigenvalue weighted by Crippen LogP contribution is 2.40. The van der Waals surface area contributed by atoms with E-state index in [-0.39, 0.29) is 11.7 Å². The van der Waals surface area contributed by atoms with E-state index in [1.807, 2.05) is 6.08 Å². The zero-order chi connectivity index (χ0) is 8.77. The summed E-state index contributed by atoms with van der Waals surface area (Å²) in [6.07, 6.45) is 6.71. The molecule has 2 aliphatic rings. The fraction of sp³-hybridized carbons (Fsp3) is 0.333. The Bertz CT molecular complexity index is 314. The third-order valence-electron chi connectivity index (χ3n) is 2.20. The van der Waals surface area contributed by atoms with E-state index in [1.165, 1.54) is 13.0 Å². The van der Waals surface area contributed by atoms with Gasteiger partial charge in [0.25, 0.3) is 0 Å². The van der Waals surface area contributed by atoms with Crippen molar-refractivity contribution in [3.63, 3.8) is 0 Å². The molecule has 0 saturated carbocycles. The van der Waals surface area contributed by atoms with Gasteiger partial charge in [-0.25, -0.2) is 0 Å². The third-order valence-corrected chi connectivity index (χ3v) is 2.20. The minimum Gasteiger partial charge on any atom is -0.446 e. The molecule has 2 aliphatic carbocycles. The maximum absolute atomic E-state index is 11.3. The standard InChI is InChI=1S/C9H8O3/c1-6(10)12-9-5-4-7(9)2-3-8(9)11/h2-5,7H,1H3. The quantitative estimate of drug-likeness (QED) is 0.421. The summed E-state index contributed by atoms with van der Waals surface area (Å²) in [6.45, 7) is 1.31. The topological polar surface area (TPSA) is 43.4 Å². The van der Waals surface area contributed by atoms with Crippen LogP contribution in [0.25, 0.3) is 0 Å². The van der Waals surface area contributed by atoms with Gasteiger partial charge in [-0.1, -0.05) is 12.2 Å². The molecule has 0 radical (unpaired) electrons. The molecule has 2 atom stereocenters.